The van der Waals surface area contributed by atoms with Crippen LogP contribution in [-0.4, -0.2) is 70.6 Å². The lowest BCUT2D eigenvalue weighted by Gasteiger charge is -2.37. The Kier molecular flexibility index (Phi) is 6.18. The minimum atomic E-state index is 0.232. The van der Waals surface area contributed by atoms with Gasteiger partial charge in [-0.05, 0) is 34.6 Å². The Morgan fingerprint density at radius 1 is 1.17 bits per heavy atom. The van der Waals surface area contributed by atoms with Crippen LogP contribution in [0.2, 0.25) is 0 Å². The van der Waals surface area contributed by atoms with Crippen molar-refractivity contribution in [1.82, 2.24) is 19.9 Å². The van der Waals surface area contributed by atoms with Gasteiger partial charge in [0.2, 0.25) is 5.91 Å². The average Bonchev–Trinajstić information content (AvgIpc) is 2.85. The van der Waals surface area contributed by atoms with Gasteiger partial charge in [0, 0.05) is 50.9 Å². The Balaban J connectivity index is 1.79. The molecule has 1 aromatic heterocycles. The number of aromatic nitrogens is 1. The molecule has 2 rings (SSSR count). The molecule has 6 heteroatoms. The van der Waals surface area contributed by atoms with Crippen LogP contribution in [0.1, 0.15) is 39.1 Å². The molecule has 1 saturated heterocycles. The normalized spacial score (nSPS) is 17.2. The summed E-state index contributed by atoms with van der Waals surface area (Å²) < 4.78 is 5.11. The first kappa shape index (κ1) is 17.9. The van der Waals surface area contributed by atoms with E-state index in [0.29, 0.717) is 6.54 Å². The monoisotopic (exact) mass is 322 g/mol. The zero-order valence-electron chi connectivity index (χ0n) is 15.1. The molecular formula is C17H30N4O2. The van der Waals surface area contributed by atoms with Crippen LogP contribution in [0.4, 0.5) is 0 Å². The highest BCUT2D eigenvalue weighted by molar-refractivity contribution is 5.78. The molecule has 0 unspecified atom stereocenters. The molecule has 0 N–H and O–H groups in total. The lowest BCUT2D eigenvalue weighted by atomic mass is 10.2. The summed E-state index contributed by atoms with van der Waals surface area (Å²) in [5.41, 5.74) is 0.984. The standard InChI is InChI=1S/C17H30N4O2/c1-13(2)21(14(3)4)17(22)12-20-8-6-19(7-9-20)11-16-10-15(5)23-18-16/h10,13-14H,6-9,11-12H2,1-5H3. The van der Waals surface area contributed by atoms with Gasteiger partial charge in [0.05, 0.1) is 12.2 Å². The van der Waals surface area contributed by atoms with Gasteiger partial charge in [-0.25, -0.2) is 0 Å². The number of carbonyl (C=O) groups is 1. The molecule has 1 aliphatic rings. The number of aryl methyl sites for hydroxylation is 1. The number of rotatable bonds is 6. The molecule has 0 saturated carbocycles. The molecule has 23 heavy (non-hydrogen) atoms. The smallest absolute Gasteiger partial charge is 0.237 e. The zero-order valence-corrected chi connectivity index (χ0v) is 15.1. The van der Waals surface area contributed by atoms with Gasteiger partial charge in [0.25, 0.3) is 0 Å². The van der Waals surface area contributed by atoms with E-state index >= 15 is 0 Å². The van der Waals surface area contributed by atoms with Crippen molar-refractivity contribution < 1.29 is 9.32 Å². The highest BCUT2D eigenvalue weighted by atomic mass is 16.5. The molecule has 130 valence electrons. The van der Waals surface area contributed by atoms with E-state index in [-0.39, 0.29) is 18.0 Å². The van der Waals surface area contributed by atoms with Crippen LogP contribution in [0.5, 0.6) is 0 Å². The third-order valence-electron chi connectivity index (χ3n) is 4.29. The lowest BCUT2D eigenvalue weighted by molar-refractivity contribution is -0.136. The van der Waals surface area contributed by atoms with Crippen molar-refractivity contribution in [2.24, 2.45) is 0 Å². The van der Waals surface area contributed by atoms with Gasteiger partial charge < -0.3 is 9.42 Å². The molecule has 0 aromatic carbocycles. The van der Waals surface area contributed by atoms with Gasteiger partial charge in [0.1, 0.15) is 5.76 Å². The lowest BCUT2D eigenvalue weighted by Crippen LogP contribution is -2.52. The third-order valence-corrected chi connectivity index (χ3v) is 4.29. The maximum Gasteiger partial charge on any atom is 0.237 e. The van der Waals surface area contributed by atoms with Crippen molar-refractivity contribution in [2.45, 2.75) is 53.2 Å². The molecule has 2 heterocycles. The van der Waals surface area contributed by atoms with E-state index < -0.39 is 0 Å². The van der Waals surface area contributed by atoms with E-state index in [0.717, 1.165) is 44.2 Å². The van der Waals surface area contributed by atoms with Crippen molar-refractivity contribution >= 4 is 5.91 Å². The van der Waals surface area contributed by atoms with Crippen LogP contribution in [0, 0.1) is 6.92 Å². The predicted octanol–water partition coefficient (Wildman–Crippen LogP) is 1.75. The summed E-state index contributed by atoms with van der Waals surface area (Å²) in [4.78, 5) is 19.1. The molecule has 1 fully saturated rings. The van der Waals surface area contributed by atoms with E-state index in [1.165, 1.54) is 0 Å². The molecule has 0 aliphatic carbocycles. The zero-order chi connectivity index (χ0) is 17.0. The second-order valence-corrected chi connectivity index (χ2v) is 6.97. The summed E-state index contributed by atoms with van der Waals surface area (Å²) >= 11 is 0. The fraction of sp³-hybridized carbons (Fsp3) is 0.765. The SMILES string of the molecule is Cc1cc(CN2CCN(CC(=O)N(C(C)C)C(C)C)CC2)no1. The molecule has 1 aromatic rings. The number of nitrogens with zero attached hydrogens (tertiary/aromatic N) is 4. The van der Waals surface area contributed by atoms with E-state index in [9.17, 15) is 4.79 Å². The van der Waals surface area contributed by atoms with Gasteiger partial charge in [0.15, 0.2) is 0 Å². The van der Waals surface area contributed by atoms with Crippen molar-refractivity contribution in [3.8, 4) is 0 Å². The Hall–Kier alpha value is -1.40. The number of hydrogen-bond acceptors (Lipinski definition) is 5. The van der Waals surface area contributed by atoms with Crippen molar-refractivity contribution in [2.75, 3.05) is 32.7 Å². The van der Waals surface area contributed by atoms with E-state index in [2.05, 4.69) is 42.7 Å². The van der Waals surface area contributed by atoms with Crippen LogP contribution in [0.25, 0.3) is 0 Å². The maximum absolute atomic E-state index is 12.5. The van der Waals surface area contributed by atoms with Crippen molar-refractivity contribution in [3.63, 3.8) is 0 Å². The fourth-order valence-electron chi connectivity index (χ4n) is 3.27. The Morgan fingerprint density at radius 3 is 2.22 bits per heavy atom. The first-order valence-corrected chi connectivity index (χ1v) is 8.55. The number of carbonyl (C=O) groups excluding carboxylic acids is 1. The first-order chi connectivity index (χ1) is 10.9. The quantitative estimate of drug-likeness (QED) is 0.798. The maximum atomic E-state index is 12.5. The summed E-state index contributed by atoms with van der Waals surface area (Å²) in [5.74, 6) is 1.09. The summed E-state index contributed by atoms with van der Waals surface area (Å²) in [6.07, 6.45) is 0. The van der Waals surface area contributed by atoms with Crippen LogP contribution in [-0.2, 0) is 11.3 Å². The summed E-state index contributed by atoms with van der Waals surface area (Å²) in [5, 5.41) is 4.05. The van der Waals surface area contributed by atoms with Gasteiger partial charge in [-0.3, -0.25) is 14.6 Å². The predicted molar refractivity (Wildman–Crippen MR) is 90.1 cm³/mol. The fourth-order valence-corrected chi connectivity index (χ4v) is 3.27. The van der Waals surface area contributed by atoms with Crippen LogP contribution in [0.15, 0.2) is 10.6 Å². The van der Waals surface area contributed by atoms with Crippen LogP contribution < -0.4 is 0 Å². The van der Waals surface area contributed by atoms with E-state index in [1.54, 1.807) is 0 Å². The van der Waals surface area contributed by atoms with E-state index in [4.69, 9.17) is 4.52 Å². The number of piperazine rings is 1. The second-order valence-electron chi connectivity index (χ2n) is 6.97. The topological polar surface area (TPSA) is 52.8 Å². The third kappa shape index (κ3) is 5.04. The molecule has 0 spiro atoms. The minimum absolute atomic E-state index is 0.232. The Morgan fingerprint density at radius 2 is 1.74 bits per heavy atom. The molecule has 6 nitrogen and oxygen atoms in total. The minimum Gasteiger partial charge on any atom is -0.361 e. The first-order valence-electron chi connectivity index (χ1n) is 8.55. The van der Waals surface area contributed by atoms with Crippen LogP contribution >= 0.6 is 0 Å². The molecule has 0 bridgehead atoms. The second kappa shape index (κ2) is 7.93. The highest BCUT2D eigenvalue weighted by Crippen LogP contribution is 2.11. The average molecular weight is 322 g/mol. The largest absolute Gasteiger partial charge is 0.361 e. The molecule has 0 atom stereocenters. The van der Waals surface area contributed by atoms with Crippen molar-refractivity contribution in [3.05, 3.63) is 17.5 Å². The van der Waals surface area contributed by atoms with E-state index in [1.807, 2.05) is 17.9 Å². The Labute approximate surface area is 139 Å². The summed E-state index contributed by atoms with van der Waals surface area (Å²) in [6, 6.07) is 2.48. The van der Waals surface area contributed by atoms with Gasteiger partial charge in [-0.2, -0.15) is 0 Å². The van der Waals surface area contributed by atoms with Gasteiger partial charge >= 0.3 is 0 Å². The summed E-state index contributed by atoms with van der Waals surface area (Å²) in [6.45, 7) is 15.3. The van der Waals surface area contributed by atoms with Crippen molar-refractivity contribution in [1.29, 1.82) is 0 Å². The number of amides is 1. The number of hydrogen-bond donors (Lipinski definition) is 0. The Bertz CT molecular complexity index is 496. The highest BCUT2D eigenvalue weighted by Gasteiger charge is 2.24. The van der Waals surface area contributed by atoms with Crippen LogP contribution in [0.3, 0.4) is 0 Å². The van der Waals surface area contributed by atoms with Gasteiger partial charge in [-0.1, -0.05) is 5.16 Å². The molecular weight excluding hydrogens is 292 g/mol. The molecule has 0 radical (unpaired) electrons. The summed E-state index contributed by atoms with van der Waals surface area (Å²) in [7, 11) is 0. The van der Waals surface area contributed by atoms with Gasteiger partial charge in [-0.15, -0.1) is 0 Å². The molecule has 1 aliphatic heterocycles. The molecule has 1 amide bonds.